The quantitative estimate of drug-likeness (QED) is 0.823. The van der Waals surface area contributed by atoms with Crippen molar-refractivity contribution in [3.63, 3.8) is 0 Å². The Labute approximate surface area is 95.3 Å². The summed E-state index contributed by atoms with van der Waals surface area (Å²) in [4.78, 5) is 4.30. The molecular formula is C14H14N2. The van der Waals surface area contributed by atoms with Crippen LogP contribution in [0.2, 0.25) is 0 Å². The maximum atomic E-state index is 4.30. The smallest absolute Gasteiger partial charge is 0.126 e. The van der Waals surface area contributed by atoms with Crippen LogP contribution in [0.5, 0.6) is 0 Å². The van der Waals surface area contributed by atoms with Gasteiger partial charge in [-0.05, 0) is 36.1 Å². The first-order valence-electron chi connectivity index (χ1n) is 5.69. The van der Waals surface area contributed by atoms with Gasteiger partial charge in [0.2, 0.25) is 0 Å². The number of nitrogens with one attached hydrogen (secondary N) is 1. The van der Waals surface area contributed by atoms with E-state index in [0.29, 0.717) is 6.04 Å². The van der Waals surface area contributed by atoms with Crippen LogP contribution in [0.15, 0.2) is 48.7 Å². The Bertz CT molecular complexity index is 479. The van der Waals surface area contributed by atoms with Gasteiger partial charge >= 0.3 is 0 Å². The zero-order chi connectivity index (χ0) is 10.8. The highest BCUT2D eigenvalue weighted by Gasteiger charge is 2.21. The van der Waals surface area contributed by atoms with E-state index in [1.807, 2.05) is 24.4 Å². The third kappa shape index (κ3) is 1.67. The Morgan fingerprint density at radius 2 is 1.94 bits per heavy atom. The SMILES string of the molecule is c1ccc(N[C@H]2CCc3ccccc32)nc1. The molecule has 1 aliphatic rings. The second-order valence-electron chi connectivity index (χ2n) is 4.15. The Hall–Kier alpha value is -1.83. The lowest BCUT2D eigenvalue weighted by atomic mass is 10.1. The summed E-state index contributed by atoms with van der Waals surface area (Å²) in [5.41, 5.74) is 2.89. The van der Waals surface area contributed by atoms with Gasteiger partial charge in [0.05, 0.1) is 6.04 Å². The molecule has 0 saturated heterocycles. The highest BCUT2D eigenvalue weighted by Crippen LogP contribution is 2.32. The van der Waals surface area contributed by atoms with Crippen molar-refractivity contribution in [1.29, 1.82) is 0 Å². The topological polar surface area (TPSA) is 24.9 Å². The fraction of sp³-hybridized carbons (Fsp3) is 0.214. The number of hydrogen-bond acceptors (Lipinski definition) is 2. The third-order valence-corrected chi connectivity index (χ3v) is 3.12. The molecule has 1 heterocycles. The number of hydrogen-bond donors (Lipinski definition) is 1. The summed E-state index contributed by atoms with van der Waals surface area (Å²) in [5, 5.41) is 3.49. The first-order chi connectivity index (χ1) is 7.93. The number of aryl methyl sites for hydroxylation is 1. The first kappa shape index (κ1) is 9.40. The molecule has 16 heavy (non-hydrogen) atoms. The summed E-state index contributed by atoms with van der Waals surface area (Å²) >= 11 is 0. The molecule has 2 nitrogen and oxygen atoms in total. The molecule has 0 amide bonds. The van der Waals surface area contributed by atoms with Crippen LogP contribution in [0.1, 0.15) is 23.6 Å². The van der Waals surface area contributed by atoms with Crippen molar-refractivity contribution in [3.8, 4) is 0 Å². The number of pyridine rings is 1. The lowest BCUT2D eigenvalue weighted by Gasteiger charge is -2.14. The van der Waals surface area contributed by atoms with Gasteiger partial charge in [0, 0.05) is 6.20 Å². The molecule has 0 fully saturated rings. The fourth-order valence-corrected chi connectivity index (χ4v) is 2.33. The Kier molecular flexibility index (Phi) is 2.33. The molecule has 1 N–H and O–H groups in total. The van der Waals surface area contributed by atoms with Gasteiger partial charge in [-0.15, -0.1) is 0 Å². The van der Waals surface area contributed by atoms with Crippen molar-refractivity contribution < 1.29 is 0 Å². The fourth-order valence-electron chi connectivity index (χ4n) is 2.33. The van der Waals surface area contributed by atoms with Crippen molar-refractivity contribution in [1.82, 2.24) is 4.98 Å². The van der Waals surface area contributed by atoms with E-state index < -0.39 is 0 Å². The number of rotatable bonds is 2. The summed E-state index contributed by atoms with van der Waals surface area (Å²) in [6.45, 7) is 0. The van der Waals surface area contributed by atoms with Crippen LogP contribution in [0, 0.1) is 0 Å². The molecule has 1 aliphatic carbocycles. The van der Waals surface area contributed by atoms with Gasteiger partial charge < -0.3 is 5.32 Å². The lowest BCUT2D eigenvalue weighted by molar-refractivity contribution is 0.757. The summed E-state index contributed by atoms with van der Waals surface area (Å²) in [6, 6.07) is 15.0. The van der Waals surface area contributed by atoms with Crippen LogP contribution in [0.3, 0.4) is 0 Å². The van der Waals surface area contributed by atoms with Crippen LogP contribution in [-0.2, 0) is 6.42 Å². The largest absolute Gasteiger partial charge is 0.363 e. The minimum atomic E-state index is 0.422. The minimum Gasteiger partial charge on any atom is -0.363 e. The summed E-state index contributed by atoms with van der Waals surface area (Å²) in [7, 11) is 0. The molecule has 1 aromatic carbocycles. The Morgan fingerprint density at radius 1 is 1.06 bits per heavy atom. The number of aromatic nitrogens is 1. The Morgan fingerprint density at radius 3 is 2.81 bits per heavy atom. The normalized spacial score (nSPS) is 18.1. The molecule has 0 aliphatic heterocycles. The molecule has 1 aromatic heterocycles. The van der Waals surface area contributed by atoms with E-state index in [1.165, 1.54) is 17.5 Å². The van der Waals surface area contributed by atoms with E-state index in [-0.39, 0.29) is 0 Å². The molecule has 3 rings (SSSR count). The monoisotopic (exact) mass is 210 g/mol. The molecular weight excluding hydrogens is 196 g/mol. The molecule has 0 saturated carbocycles. The standard InChI is InChI=1S/C14H14N2/c1-2-6-12-11(5-1)8-9-13(12)16-14-7-3-4-10-15-14/h1-7,10,13H,8-9H2,(H,15,16)/t13-/m0/s1. The van der Waals surface area contributed by atoms with Crippen LogP contribution >= 0.6 is 0 Å². The van der Waals surface area contributed by atoms with Crippen LogP contribution in [0.4, 0.5) is 5.82 Å². The van der Waals surface area contributed by atoms with E-state index in [2.05, 4.69) is 34.6 Å². The molecule has 80 valence electrons. The van der Waals surface area contributed by atoms with Gasteiger partial charge in [0.25, 0.3) is 0 Å². The molecule has 0 radical (unpaired) electrons. The van der Waals surface area contributed by atoms with Crippen LogP contribution in [0.25, 0.3) is 0 Å². The number of fused-ring (bicyclic) bond motifs is 1. The van der Waals surface area contributed by atoms with Gasteiger partial charge in [0.1, 0.15) is 5.82 Å². The summed E-state index contributed by atoms with van der Waals surface area (Å²) in [5.74, 6) is 0.962. The maximum Gasteiger partial charge on any atom is 0.126 e. The van der Waals surface area contributed by atoms with Crippen LogP contribution in [-0.4, -0.2) is 4.98 Å². The van der Waals surface area contributed by atoms with Crippen molar-refractivity contribution in [2.45, 2.75) is 18.9 Å². The average molecular weight is 210 g/mol. The van der Waals surface area contributed by atoms with Gasteiger partial charge in [-0.1, -0.05) is 30.3 Å². The number of nitrogens with zero attached hydrogens (tertiary/aromatic N) is 1. The second kappa shape index (κ2) is 3.97. The van der Waals surface area contributed by atoms with Gasteiger partial charge in [-0.25, -0.2) is 4.98 Å². The second-order valence-corrected chi connectivity index (χ2v) is 4.15. The predicted molar refractivity (Wildman–Crippen MR) is 65.4 cm³/mol. The van der Waals surface area contributed by atoms with E-state index in [9.17, 15) is 0 Å². The molecule has 2 heteroatoms. The van der Waals surface area contributed by atoms with E-state index in [0.717, 1.165) is 12.2 Å². The first-order valence-corrected chi connectivity index (χ1v) is 5.69. The zero-order valence-corrected chi connectivity index (χ0v) is 9.06. The average Bonchev–Trinajstić information content (AvgIpc) is 2.74. The predicted octanol–water partition coefficient (Wildman–Crippen LogP) is 3.18. The molecule has 2 aromatic rings. The highest BCUT2D eigenvalue weighted by molar-refractivity contribution is 5.43. The summed E-state index contributed by atoms with van der Waals surface area (Å²) in [6.07, 6.45) is 4.15. The van der Waals surface area contributed by atoms with Crippen molar-refractivity contribution in [2.24, 2.45) is 0 Å². The van der Waals surface area contributed by atoms with Gasteiger partial charge in [0.15, 0.2) is 0 Å². The van der Waals surface area contributed by atoms with E-state index >= 15 is 0 Å². The molecule has 0 spiro atoms. The lowest BCUT2D eigenvalue weighted by Crippen LogP contribution is -2.07. The molecule has 1 atom stereocenters. The van der Waals surface area contributed by atoms with Crippen molar-refractivity contribution in [2.75, 3.05) is 5.32 Å². The highest BCUT2D eigenvalue weighted by atomic mass is 15.0. The molecule has 0 unspecified atom stereocenters. The number of anilines is 1. The number of benzene rings is 1. The Balaban J connectivity index is 1.84. The minimum absolute atomic E-state index is 0.422. The van der Waals surface area contributed by atoms with E-state index in [4.69, 9.17) is 0 Å². The zero-order valence-electron chi connectivity index (χ0n) is 9.06. The van der Waals surface area contributed by atoms with Crippen LogP contribution < -0.4 is 5.32 Å². The van der Waals surface area contributed by atoms with Crippen molar-refractivity contribution in [3.05, 3.63) is 59.8 Å². The summed E-state index contributed by atoms with van der Waals surface area (Å²) < 4.78 is 0. The molecule has 0 bridgehead atoms. The van der Waals surface area contributed by atoms with E-state index in [1.54, 1.807) is 0 Å². The van der Waals surface area contributed by atoms with Crippen molar-refractivity contribution >= 4 is 5.82 Å². The third-order valence-electron chi connectivity index (χ3n) is 3.12. The maximum absolute atomic E-state index is 4.30. The van der Waals surface area contributed by atoms with Gasteiger partial charge in [-0.3, -0.25) is 0 Å². The van der Waals surface area contributed by atoms with Gasteiger partial charge in [-0.2, -0.15) is 0 Å².